The highest BCUT2D eigenvalue weighted by Crippen LogP contribution is 2.41. The lowest BCUT2D eigenvalue weighted by Crippen LogP contribution is -2.19. The average Bonchev–Trinajstić information content (AvgIpc) is 3.82. The van der Waals surface area contributed by atoms with Crippen LogP contribution in [0.25, 0.3) is 61.1 Å². The van der Waals surface area contributed by atoms with Crippen LogP contribution in [0.2, 0.25) is 0 Å². The lowest BCUT2D eigenvalue weighted by atomic mass is 9.74. The topological polar surface area (TPSA) is 63.2 Å². The number of ether oxygens (including phenoxy) is 1. The third-order valence-corrected chi connectivity index (χ3v) is 12.2. The number of benzene rings is 7. The Morgan fingerprint density at radius 1 is 0.603 bits per heavy atom. The predicted molar refractivity (Wildman–Crippen MR) is 259 cm³/mol. The van der Waals surface area contributed by atoms with Crippen LogP contribution in [0.3, 0.4) is 0 Å². The van der Waals surface area contributed by atoms with E-state index in [4.69, 9.17) is 4.74 Å². The van der Waals surface area contributed by atoms with Gasteiger partial charge in [-0.25, -0.2) is 4.79 Å². The quantitative estimate of drug-likeness (QED) is 0.0827. The minimum absolute atomic E-state index is 0.0890. The maximum absolute atomic E-state index is 12.6. The number of para-hydroxylation sites is 4. The number of esters is 1. The summed E-state index contributed by atoms with van der Waals surface area (Å²) in [4.78, 5) is 14.9. The standard InChI is InChI=1S/C57H46N4O2/c1-4-63-56(62)51(38-58)41-35-40(36-57(2,3)37-41)22-21-39-23-25-42(26-24-39)59(43-27-31-45(32-28-43)60-52-17-9-5-13-47(52)48-14-6-10-18-53(48)60)44-29-33-46(34-30-44)61-54-19-11-7-15-49(54)50-16-8-12-20-55(50)61/h5-35H,4,36-37H2,1-3H3/b22-21+,51-41-. The van der Waals surface area contributed by atoms with E-state index in [2.05, 4.69) is 216 Å². The minimum atomic E-state index is -0.560. The van der Waals surface area contributed by atoms with Crippen LogP contribution >= 0.6 is 0 Å². The fourth-order valence-corrected chi connectivity index (χ4v) is 9.46. The van der Waals surface area contributed by atoms with Gasteiger partial charge in [0.15, 0.2) is 0 Å². The molecule has 6 nitrogen and oxygen atoms in total. The van der Waals surface area contributed by atoms with E-state index in [0.29, 0.717) is 6.42 Å². The third kappa shape index (κ3) is 7.28. The van der Waals surface area contributed by atoms with E-state index in [1.54, 1.807) is 6.92 Å². The largest absolute Gasteiger partial charge is 0.462 e. The molecular formula is C57H46N4O2. The van der Waals surface area contributed by atoms with Gasteiger partial charge in [0.25, 0.3) is 0 Å². The molecule has 2 aromatic heterocycles. The number of anilines is 3. The number of carbonyl (C=O) groups excluding carboxylic acids is 1. The van der Waals surface area contributed by atoms with Crippen LogP contribution in [0.1, 0.15) is 39.2 Å². The number of carbonyl (C=O) groups is 1. The van der Waals surface area contributed by atoms with Gasteiger partial charge in [-0.1, -0.05) is 117 Å². The van der Waals surface area contributed by atoms with Crippen molar-refractivity contribution in [3.8, 4) is 17.4 Å². The van der Waals surface area contributed by atoms with Crippen LogP contribution in [0.4, 0.5) is 17.1 Å². The zero-order valence-electron chi connectivity index (χ0n) is 35.6. The summed E-state index contributed by atoms with van der Waals surface area (Å²) in [6.45, 7) is 6.32. The summed E-state index contributed by atoms with van der Waals surface area (Å²) in [5.74, 6) is -0.560. The molecule has 0 radical (unpaired) electrons. The van der Waals surface area contributed by atoms with Crippen LogP contribution in [-0.4, -0.2) is 21.7 Å². The van der Waals surface area contributed by atoms with Crippen molar-refractivity contribution in [3.63, 3.8) is 0 Å². The van der Waals surface area contributed by atoms with Gasteiger partial charge in [0.05, 0.1) is 28.7 Å². The summed E-state index contributed by atoms with van der Waals surface area (Å²) >= 11 is 0. The Hall–Kier alpha value is -7.88. The number of hydrogen-bond donors (Lipinski definition) is 0. The van der Waals surface area contributed by atoms with E-state index in [1.165, 1.54) is 43.6 Å². The first kappa shape index (κ1) is 39.3. The molecular weight excluding hydrogens is 773 g/mol. The first-order chi connectivity index (χ1) is 30.8. The molecule has 0 fully saturated rings. The lowest BCUT2D eigenvalue weighted by Gasteiger charge is -2.30. The Morgan fingerprint density at radius 3 is 1.43 bits per heavy atom. The van der Waals surface area contributed by atoms with Gasteiger partial charge >= 0.3 is 5.97 Å². The summed E-state index contributed by atoms with van der Waals surface area (Å²) in [7, 11) is 0. The van der Waals surface area contributed by atoms with Gasteiger partial charge in [-0.15, -0.1) is 0 Å². The van der Waals surface area contributed by atoms with Crippen LogP contribution in [0.15, 0.2) is 199 Å². The van der Waals surface area contributed by atoms with Gasteiger partial charge in [0, 0.05) is 50.0 Å². The van der Waals surface area contributed by atoms with Gasteiger partial charge in [0.2, 0.25) is 0 Å². The number of nitrogens with zero attached hydrogens (tertiary/aromatic N) is 4. The number of rotatable bonds is 9. The number of fused-ring (bicyclic) bond motifs is 6. The van der Waals surface area contributed by atoms with E-state index in [9.17, 15) is 10.1 Å². The SMILES string of the molecule is CCOC(=O)/C(C#N)=C1C=C(/C=C/c2ccc(N(c3ccc(-n4c5ccccc5c5ccccc54)cc3)c3ccc(-n4c5ccccc5c5ccccc54)cc3)cc2)CC(C)(C)C/1. The van der Waals surface area contributed by atoms with Crippen molar-refractivity contribution in [3.05, 3.63) is 204 Å². The average molecular weight is 819 g/mol. The maximum Gasteiger partial charge on any atom is 0.349 e. The second-order valence-corrected chi connectivity index (χ2v) is 17.0. The molecule has 0 saturated heterocycles. The first-order valence-electron chi connectivity index (χ1n) is 21.6. The van der Waals surface area contributed by atoms with Crippen LogP contribution in [-0.2, 0) is 9.53 Å². The molecule has 0 saturated carbocycles. The maximum atomic E-state index is 12.6. The van der Waals surface area contributed by atoms with Crippen molar-refractivity contribution >= 4 is 72.7 Å². The Kier molecular flexibility index (Phi) is 10.1. The van der Waals surface area contributed by atoms with E-state index >= 15 is 0 Å². The molecule has 0 bridgehead atoms. The summed E-state index contributed by atoms with van der Waals surface area (Å²) in [6, 6.07) is 62.8. The Bertz CT molecular complexity index is 3070. The first-order valence-corrected chi connectivity index (χ1v) is 21.6. The molecule has 306 valence electrons. The number of aromatic nitrogens is 2. The molecule has 10 rings (SSSR count). The third-order valence-electron chi connectivity index (χ3n) is 12.2. The van der Waals surface area contributed by atoms with Crippen molar-refractivity contribution in [2.45, 2.75) is 33.6 Å². The Balaban J connectivity index is 1.03. The Labute approximate surface area is 367 Å². The lowest BCUT2D eigenvalue weighted by molar-refractivity contribution is -0.138. The van der Waals surface area contributed by atoms with E-state index in [0.717, 1.165) is 51.6 Å². The number of allylic oxidation sites excluding steroid dienone is 4. The molecule has 1 aliphatic carbocycles. The minimum Gasteiger partial charge on any atom is -0.462 e. The summed E-state index contributed by atoms with van der Waals surface area (Å²) in [5, 5.41) is 14.8. The molecule has 0 N–H and O–H groups in total. The summed E-state index contributed by atoms with van der Waals surface area (Å²) < 4.78 is 9.90. The Morgan fingerprint density at radius 2 is 1.02 bits per heavy atom. The normalized spacial score (nSPS) is 14.6. The van der Waals surface area contributed by atoms with Crippen molar-refractivity contribution in [1.82, 2.24) is 9.13 Å². The highest BCUT2D eigenvalue weighted by molar-refractivity contribution is 6.10. The fourth-order valence-electron chi connectivity index (χ4n) is 9.46. The van der Waals surface area contributed by atoms with Gasteiger partial charge < -0.3 is 18.8 Å². The molecule has 6 heteroatoms. The molecule has 7 aromatic carbocycles. The van der Waals surface area contributed by atoms with Gasteiger partial charge in [-0.3, -0.25) is 0 Å². The highest BCUT2D eigenvalue weighted by atomic mass is 16.5. The summed E-state index contributed by atoms with van der Waals surface area (Å²) in [5.41, 5.74) is 12.8. The number of hydrogen-bond acceptors (Lipinski definition) is 4. The fraction of sp³-hybridized carbons (Fsp3) is 0.123. The molecule has 63 heavy (non-hydrogen) atoms. The second kappa shape index (κ2) is 16.2. The molecule has 1 aliphatic rings. The second-order valence-electron chi connectivity index (χ2n) is 17.0. The molecule has 0 unspecified atom stereocenters. The van der Waals surface area contributed by atoms with Crippen molar-refractivity contribution < 1.29 is 9.53 Å². The monoisotopic (exact) mass is 818 g/mol. The van der Waals surface area contributed by atoms with Gasteiger partial charge in [0.1, 0.15) is 11.6 Å². The predicted octanol–water partition coefficient (Wildman–Crippen LogP) is 14.5. The highest BCUT2D eigenvalue weighted by Gasteiger charge is 2.28. The van der Waals surface area contributed by atoms with Gasteiger partial charge in [-0.2, -0.15) is 5.26 Å². The van der Waals surface area contributed by atoms with Crippen molar-refractivity contribution in [2.24, 2.45) is 5.41 Å². The zero-order chi connectivity index (χ0) is 43.1. The molecule has 0 spiro atoms. The molecule has 0 amide bonds. The van der Waals surface area contributed by atoms with Crippen molar-refractivity contribution in [2.75, 3.05) is 11.5 Å². The molecule has 9 aromatic rings. The zero-order valence-corrected chi connectivity index (χ0v) is 35.6. The van der Waals surface area contributed by atoms with Crippen LogP contribution < -0.4 is 4.90 Å². The summed E-state index contributed by atoms with van der Waals surface area (Å²) in [6.07, 6.45) is 7.66. The van der Waals surface area contributed by atoms with E-state index < -0.39 is 5.97 Å². The van der Waals surface area contributed by atoms with E-state index in [-0.39, 0.29) is 17.6 Å². The number of nitriles is 1. The molecule has 0 aliphatic heterocycles. The van der Waals surface area contributed by atoms with Crippen molar-refractivity contribution in [1.29, 1.82) is 5.26 Å². The molecule has 0 atom stereocenters. The van der Waals surface area contributed by atoms with E-state index in [1.807, 2.05) is 6.08 Å². The van der Waals surface area contributed by atoms with Crippen LogP contribution in [0, 0.1) is 16.7 Å². The van der Waals surface area contributed by atoms with Gasteiger partial charge in [-0.05, 0) is 127 Å². The van der Waals surface area contributed by atoms with Crippen LogP contribution in [0.5, 0.6) is 0 Å². The molecule has 2 heterocycles. The smallest absolute Gasteiger partial charge is 0.349 e.